The number of fused-ring (bicyclic) bond motifs is 1. The van der Waals surface area contributed by atoms with Crippen molar-refractivity contribution >= 4 is 5.69 Å². The molecule has 1 aliphatic heterocycles. The first-order valence-corrected chi connectivity index (χ1v) is 12.3. The van der Waals surface area contributed by atoms with E-state index < -0.39 is 0 Å². The first kappa shape index (κ1) is 25.9. The summed E-state index contributed by atoms with van der Waals surface area (Å²) in [5.41, 5.74) is 12.7. The lowest BCUT2D eigenvalue weighted by molar-refractivity contribution is 0.218. The van der Waals surface area contributed by atoms with E-state index in [9.17, 15) is 0 Å². The van der Waals surface area contributed by atoms with Crippen molar-refractivity contribution < 1.29 is 9.47 Å². The Bertz CT molecular complexity index is 795. The topological polar surface area (TPSA) is 47.7 Å². The lowest BCUT2D eigenvalue weighted by atomic mass is 10.00. The number of hydrogen-bond acceptors (Lipinski definition) is 4. The highest BCUT2D eigenvalue weighted by atomic mass is 16.5. The summed E-state index contributed by atoms with van der Waals surface area (Å²) in [4.78, 5) is 2.51. The minimum absolute atomic E-state index is 0.627. The van der Waals surface area contributed by atoms with Crippen molar-refractivity contribution in [2.75, 3.05) is 31.2 Å². The molecule has 0 aromatic heterocycles. The van der Waals surface area contributed by atoms with Crippen LogP contribution in [0.1, 0.15) is 78.2 Å². The SMILES string of the molecule is C=C(CCCCN1CCCc2c(OCC/C(N)=C(\C)CC/C(C)=C/C)cccc21)OCC. The van der Waals surface area contributed by atoms with Crippen molar-refractivity contribution in [2.45, 2.75) is 79.1 Å². The third kappa shape index (κ3) is 8.29. The monoisotopic (exact) mass is 440 g/mol. The van der Waals surface area contributed by atoms with E-state index in [0.29, 0.717) is 13.2 Å². The Morgan fingerprint density at radius 2 is 1.97 bits per heavy atom. The number of hydrogen-bond donors (Lipinski definition) is 1. The molecule has 0 atom stereocenters. The van der Waals surface area contributed by atoms with Crippen LogP contribution in [0.15, 0.2) is 53.5 Å². The highest BCUT2D eigenvalue weighted by Crippen LogP contribution is 2.34. The van der Waals surface area contributed by atoms with Crippen molar-refractivity contribution in [1.29, 1.82) is 0 Å². The summed E-state index contributed by atoms with van der Waals surface area (Å²) < 4.78 is 11.7. The lowest BCUT2D eigenvalue weighted by Crippen LogP contribution is -2.30. The molecule has 0 radical (unpaired) electrons. The van der Waals surface area contributed by atoms with Gasteiger partial charge in [-0.05, 0) is 78.4 Å². The van der Waals surface area contributed by atoms with Gasteiger partial charge in [-0.3, -0.25) is 0 Å². The van der Waals surface area contributed by atoms with Gasteiger partial charge in [-0.25, -0.2) is 0 Å². The van der Waals surface area contributed by atoms with E-state index >= 15 is 0 Å². The normalized spacial score (nSPS) is 14.6. The molecule has 4 nitrogen and oxygen atoms in total. The van der Waals surface area contributed by atoms with Crippen molar-refractivity contribution in [3.63, 3.8) is 0 Å². The van der Waals surface area contributed by atoms with Crippen molar-refractivity contribution in [2.24, 2.45) is 5.73 Å². The van der Waals surface area contributed by atoms with Crippen LogP contribution in [0.2, 0.25) is 0 Å². The number of benzene rings is 1. The fourth-order valence-electron chi connectivity index (χ4n) is 4.11. The van der Waals surface area contributed by atoms with Gasteiger partial charge in [0.1, 0.15) is 5.75 Å². The van der Waals surface area contributed by atoms with Crippen LogP contribution in [0.3, 0.4) is 0 Å². The fraction of sp³-hybridized carbons (Fsp3) is 0.571. The maximum Gasteiger partial charge on any atom is 0.124 e. The maximum atomic E-state index is 6.33. The Labute approximate surface area is 196 Å². The maximum absolute atomic E-state index is 6.33. The number of ether oxygens (including phenoxy) is 2. The standard InChI is InChI=1S/C28H44N2O2/c1-6-22(3)16-17-23(4)26(29)18-21-32-28-15-10-14-27-25(28)13-11-20-30(27)19-9-8-12-24(5)31-7-2/h6,10,14-15H,5,7-9,11-13,16-21,29H2,1-4H3/b22-6+,26-23-. The van der Waals surface area contributed by atoms with E-state index in [0.717, 1.165) is 75.2 Å². The highest BCUT2D eigenvalue weighted by molar-refractivity contribution is 5.61. The molecule has 0 fully saturated rings. The van der Waals surface area contributed by atoms with Crippen LogP contribution in [0.5, 0.6) is 5.75 Å². The van der Waals surface area contributed by atoms with E-state index in [2.05, 4.69) is 56.5 Å². The average molecular weight is 441 g/mol. The summed E-state index contributed by atoms with van der Waals surface area (Å²) >= 11 is 0. The van der Waals surface area contributed by atoms with Crippen molar-refractivity contribution in [1.82, 2.24) is 0 Å². The zero-order valence-corrected chi connectivity index (χ0v) is 20.8. The molecule has 1 aromatic carbocycles. The molecular weight excluding hydrogens is 396 g/mol. The third-order valence-corrected chi connectivity index (χ3v) is 6.35. The van der Waals surface area contributed by atoms with Crippen LogP contribution in [0.25, 0.3) is 0 Å². The van der Waals surface area contributed by atoms with Gasteiger partial charge < -0.3 is 20.1 Å². The fourth-order valence-corrected chi connectivity index (χ4v) is 4.11. The second-order valence-corrected chi connectivity index (χ2v) is 8.81. The zero-order valence-electron chi connectivity index (χ0n) is 20.8. The minimum Gasteiger partial charge on any atom is -0.499 e. The number of rotatable bonds is 14. The molecule has 0 unspecified atom stereocenters. The van der Waals surface area contributed by atoms with Crippen LogP contribution in [-0.4, -0.2) is 26.3 Å². The van der Waals surface area contributed by atoms with E-state index in [4.69, 9.17) is 15.2 Å². The molecule has 0 saturated heterocycles. The molecule has 0 saturated carbocycles. The van der Waals surface area contributed by atoms with Crippen molar-refractivity contribution in [3.8, 4) is 5.75 Å². The Hall–Kier alpha value is -2.36. The number of allylic oxidation sites excluding steroid dienone is 4. The third-order valence-electron chi connectivity index (χ3n) is 6.35. The highest BCUT2D eigenvalue weighted by Gasteiger charge is 2.20. The van der Waals surface area contributed by atoms with Crippen LogP contribution >= 0.6 is 0 Å². The second-order valence-electron chi connectivity index (χ2n) is 8.81. The summed E-state index contributed by atoms with van der Waals surface area (Å²) in [6.45, 7) is 15.9. The van der Waals surface area contributed by atoms with E-state index in [1.807, 2.05) is 6.92 Å². The summed E-state index contributed by atoms with van der Waals surface area (Å²) in [7, 11) is 0. The molecule has 0 bridgehead atoms. The number of nitrogens with zero attached hydrogens (tertiary/aromatic N) is 1. The van der Waals surface area contributed by atoms with E-state index in [1.54, 1.807) is 0 Å². The van der Waals surface area contributed by atoms with Crippen LogP contribution in [0.4, 0.5) is 5.69 Å². The molecule has 32 heavy (non-hydrogen) atoms. The molecular formula is C28H44N2O2. The summed E-state index contributed by atoms with van der Waals surface area (Å²) in [6, 6.07) is 6.47. The molecule has 178 valence electrons. The molecule has 2 rings (SSSR count). The molecule has 0 amide bonds. The van der Waals surface area contributed by atoms with Crippen LogP contribution in [0, 0.1) is 0 Å². The van der Waals surface area contributed by atoms with Gasteiger partial charge >= 0.3 is 0 Å². The van der Waals surface area contributed by atoms with Gasteiger partial charge in [0.2, 0.25) is 0 Å². The number of unbranched alkanes of at least 4 members (excludes halogenated alkanes) is 1. The number of nitrogens with two attached hydrogens (primary N) is 1. The van der Waals surface area contributed by atoms with E-state index in [-0.39, 0.29) is 0 Å². The van der Waals surface area contributed by atoms with Gasteiger partial charge in [-0.1, -0.05) is 29.9 Å². The molecule has 0 aliphatic carbocycles. The largest absolute Gasteiger partial charge is 0.499 e. The summed E-state index contributed by atoms with van der Waals surface area (Å²) in [5, 5.41) is 0. The van der Waals surface area contributed by atoms with Gasteiger partial charge in [0.05, 0.1) is 19.0 Å². The Kier molecular flexibility index (Phi) is 11.3. The molecule has 1 aromatic rings. The van der Waals surface area contributed by atoms with Gasteiger partial charge in [0.25, 0.3) is 0 Å². The quantitative estimate of drug-likeness (QED) is 0.194. The average Bonchev–Trinajstić information content (AvgIpc) is 2.80. The van der Waals surface area contributed by atoms with Gasteiger partial charge in [-0.15, -0.1) is 0 Å². The molecule has 1 aliphatic rings. The van der Waals surface area contributed by atoms with E-state index in [1.165, 1.54) is 28.8 Å². The first-order valence-electron chi connectivity index (χ1n) is 12.3. The molecule has 4 heteroatoms. The van der Waals surface area contributed by atoms with Gasteiger partial charge in [-0.2, -0.15) is 0 Å². The number of anilines is 1. The summed E-state index contributed by atoms with van der Waals surface area (Å²) in [5.74, 6) is 1.93. The van der Waals surface area contributed by atoms with Gasteiger partial charge in [0, 0.05) is 42.9 Å². The smallest absolute Gasteiger partial charge is 0.124 e. The Morgan fingerprint density at radius 3 is 2.72 bits per heavy atom. The minimum atomic E-state index is 0.627. The predicted octanol–water partition coefficient (Wildman–Crippen LogP) is 6.91. The van der Waals surface area contributed by atoms with Crippen LogP contribution in [-0.2, 0) is 11.2 Å². The predicted molar refractivity (Wildman–Crippen MR) is 137 cm³/mol. The summed E-state index contributed by atoms with van der Waals surface area (Å²) in [6.07, 6.45) is 10.5. The van der Waals surface area contributed by atoms with Crippen LogP contribution < -0.4 is 15.4 Å². The molecule has 0 spiro atoms. The molecule has 1 heterocycles. The van der Waals surface area contributed by atoms with Gasteiger partial charge in [0.15, 0.2) is 0 Å². The Morgan fingerprint density at radius 1 is 1.16 bits per heavy atom. The second kappa shape index (κ2) is 13.9. The lowest BCUT2D eigenvalue weighted by Gasteiger charge is -2.32. The molecule has 2 N–H and O–H groups in total. The Balaban J connectivity index is 1.88. The first-order chi connectivity index (χ1) is 15.5. The zero-order chi connectivity index (χ0) is 23.3. The van der Waals surface area contributed by atoms with Crippen molar-refractivity contribution in [3.05, 3.63) is 59.0 Å².